The lowest BCUT2D eigenvalue weighted by Crippen LogP contribution is -2.05. The quantitative estimate of drug-likeness (QED) is 0.633. The molecule has 5 nitrogen and oxygen atoms in total. The molecule has 0 unspecified atom stereocenters. The molecule has 0 saturated heterocycles. The average Bonchev–Trinajstić information content (AvgIpc) is 2.96. The molecule has 0 fully saturated rings. The van der Waals surface area contributed by atoms with Crippen molar-refractivity contribution in [3.63, 3.8) is 0 Å². The van der Waals surface area contributed by atoms with Crippen molar-refractivity contribution in [2.75, 3.05) is 7.11 Å². The van der Waals surface area contributed by atoms with E-state index in [1.807, 2.05) is 0 Å². The maximum atomic E-state index is 12.0. The molecule has 3 rings (SSSR count). The molecule has 2 aromatic rings. The van der Waals surface area contributed by atoms with E-state index in [0.717, 1.165) is 0 Å². The van der Waals surface area contributed by atoms with Crippen LogP contribution < -0.4 is 0 Å². The lowest BCUT2D eigenvalue weighted by molar-refractivity contribution is -0.129. The summed E-state index contributed by atoms with van der Waals surface area (Å²) in [5, 5.41) is 0.530. The largest absolute Gasteiger partial charge is 0.465 e. The highest BCUT2D eigenvalue weighted by Gasteiger charge is 2.24. The van der Waals surface area contributed by atoms with Crippen LogP contribution in [0, 0.1) is 0 Å². The van der Waals surface area contributed by atoms with Gasteiger partial charge in [0.2, 0.25) is 5.90 Å². The van der Waals surface area contributed by atoms with Gasteiger partial charge in [-0.1, -0.05) is 29.8 Å². The van der Waals surface area contributed by atoms with Crippen molar-refractivity contribution >= 4 is 35.5 Å². The number of carbonyl (C=O) groups excluding carboxylic acids is 2. The van der Waals surface area contributed by atoms with E-state index in [2.05, 4.69) is 9.73 Å². The van der Waals surface area contributed by atoms with Crippen molar-refractivity contribution < 1.29 is 19.1 Å². The number of methoxy groups -OCH3 is 1. The predicted molar refractivity (Wildman–Crippen MR) is 89.8 cm³/mol. The van der Waals surface area contributed by atoms with Crippen LogP contribution in [-0.2, 0) is 14.3 Å². The number of hydrogen-bond acceptors (Lipinski definition) is 5. The van der Waals surface area contributed by atoms with Gasteiger partial charge in [0.05, 0.1) is 12.7 Å². The molecule has 6 heteroatoms. The van der Waals surface area contributed by atoms with Crippen molar-refractivity contribution in [2.45, 2.75) is 0 Å². The summed E-state index contributed by atoms with van der Waals surface area (Å²) < 4.78 is 9.81. The van der Waals surface area contributed by atoms with Crippen LogP contribution in [0.2, 0.25) is 5.02 Å². The number of carbonyl (C=O) groups is 2. The highest BCUT2D eigenvalue weighted by molar-refractivity contribution is 6.31. The maximum Gasteiger partial charge on any atom is 0.363 e. The second-order valence-corrected chi connectivity index (χ2v) is 5.40. The van der Waals surface area contributed by atoms with Gasteiger partial charge in [-0.3, -0.25) is 0 Å². The first-order valence-corrected chi connectivity index (χ1v) is 7.41. The Bertz CT molecular complexity index is 869. The van der Waals surface area contributed by atoms with Crippen LogP contribution in [0.5, 0.6) is 0 Å². The Morgan fingerprint density at radius 2 is 1.96 bits per heavy atom. The van der Waals surface area contributed by atoms with E-state index in [4.69, 9.17) is 16.3 Å². The van der Waals surface area contributed by atoms with Crippen molar-refractivity contribution in [1.29, 1.82) is 0 Å². The van der Waals surface area contributed by atoms with Crippen LogP contribution in [0.15, 0.2) is 59.2 Å². The number of ether oxygens (including phenoxy) is 2. The zero-order valence-corrected chi connectivity index (χ0v) is 13.4. The van der Waals surface area contributed by atoms with E-state index in [9.17, 15) is 9.59 Å². The van der Waals surface area contributed by atoms with Gasteiger partial charge in [-0.25, -0.2) is 14.6 Å². The first-order valence-electron chi connectivity index (χ1n) is 7.04. The third-order valence-corrected chi connectivity index (χ3v) is 3.56. The van der Waals surface area contributed by atoms with E-state index >= 15 is 0 Å². The Balaban J connectivity index is 1.87. The second kappa shape index (κ2) is 6.68. The molecule has 0 spiro atoms. The Hall–Kier alpha value is -2.92. The van der Waals surface area contributed by atoms with Crippen molar-refractivity contribution in [3.05, 3.63) is 75.9 Å². The number of nitrogens with zero attached hydrogens (tertiary/aromatic N) is 1. The fourth-order valence-corrected chi connectivity index (χ4v) is 2.34. The van der Waals surface area contributed by atoms with Gasteiger partial charge in [0.25, 0.3) is 0 Å². The molecule has 0 radical (unpaired) electrons. The fraction of sp³-hybridized carbons (Fsp3) is 0.0556. The normalized spacial score (nSPS) is 15.2. The van der Waals surface area contributed by atoms with E-state index in [-0.39, 0.29) is 11.6 Å². The molecular weight excluding hydrogens is 330 g/mol. The standard InChI is InChI=1S/C18H12ClNO4/c1-23-17(21)12-7-5-11(6-8-12)9-15-18(22)24-16(20-15)13-3-2-4-14(19)10-13/h2-10H,1H3. The number of halogens is 1. The summed E-state index contributed by atoms with van der Waals surface area (Å²) in [5.41, 5.74) is 1.94. The number of hydrogen-bond donors (Lipinski definition) is 0. The summed E-state index contributed by atoms with van der Waals surface area (Å²) in [5.74, 6) is -0.752. The van der Waals surface area contributed by atoms with Crippen LogP contribution in [0.1, 0.15) is 21.5 Å². The number of cyclic esters (lactones) is 1. The number of esters is 2. The first-order chi connectivity index (χ1) is 11.6. The van der Waals surface area contributed by atoms with Gasteiger partial charge in [0, 0.05) is 10.6 Å². The van der Waals surface area contributed by atoms with Crippen molar-refractivity contribution in [1.82, 2.24) is 0 Å². The van der Waals surface area contributed by atoms with E-state index in [0.29, 0.717) is 21.7 Å². The lowest BCUT2D eigenvalue weighted by atomic mass is 10.1. The van der Waals surface area contributed by atoms with Gasteiger partial charge >= 0.3 is 11.9 Å². The molecule has 0 aliphatic carbocycles. The number of rotatable bonds is 3. The summed E-state index contributed by atoms with van der Waals surface area (Å²) in [6.45, 7) is 0. The van der Waals surface area contributed by atoms with E-state index in [1.165, 1.54) is 7.11 Å². The Kier molecular flexibility index (Phi) is 4.44. The highest BCUT2D eigenvalue weighted by Crippen LogP contribution is 2.21. The van der Waals surface area contributed by atoms with Crippen LogP contribution in [0.4, 0.5) is 0 Å². The second-order valence-electron chi connectivity index (χ2n) is 4.96. The van der Waals surface area contributed by atoms with Gasteiger partial charge in [0.15, 0.2) is 5.70 Å². The molecule has 0 N–H and O–H groups in total. The van der Waals surface area contributed by atoms with Crippen LogP contribution in [0.3, 0.4) is 0 Å². The van der Waals surface area contributed by atoms with Gasteiger partial charge < -0.3 is 9.47 Å². The SMILES string of the molecule is COC(=O)c1ccc(C=C2N=C(c3cccc(Cl)c3)OC2=O)cc1. The zero-order valence-electron chi connectivity index (χ0n) is 12.7. The molecular formula is C18H12ClNO4. The molecule has 2 aromatic carbocycles. The fourth-order valence-electron chi connectivity index (χ4n) is 2.15. The molecule has 0 aromatic heterocycles. The van der Waals surface area contributed by atoms with Crippen molar-refractivity contribution in [3.8, 4) is 0 Å². The summed E-state index contributed by atoms with van der Waals surface area (Å²) >= 11 is 5.93. The minimum absolute atomic E-state index is 0.177. The van der Waals surface area contributed by atoms with Crippen LogP contribution in [0.25, 0.3) is 6.08 Å². The Labute approximate surface area is 143 Å². The van der Waals surface area contributed by atoms with E-state index in [1.54, 1.807) is 54.6 Å². The summed E-state index contributed by atoms with van der Waals surface area (Å²) in [6.07, 6.45) is 1.58. The average molecular weight is 342 g/mol. The summed E-state index contributed by atoms with van der Waals surface area (Å²) in [7, 11) is 1.32. The molecule has 1 heterocycles. The topological polar surface area (TPSA) is 65.0 Å². The van der Waals surface area contributed by atoms with Gasteiger partial charge in [0.1, 0.15) is 0 Å². The minimum Gasteiger partial charge on any atom is -0.465 e. The molecule has 120 valence electrons. The Morgan fingerprint density at radius 1 is 1.21 bits per heavy atom. The predicted octanol–water partition coefficient (Wildman–Crippen LogP) is 3.47. The third-order valence-electron chi connectivity index (χ3n) is 3.33. The van der Waals surface area contributed by atoms with Crippen molar-refractivity contribution in [2.24, 2.45) is 4.99 Å². The molecule has 24 heavy (non-hydrogen) atoms. The maximum absolute atomic E-state index is 12.0. The molecule has 0 bridgehead atoms. The third kappa shape index (κ3) is 3.36. The number of benzene rings is 2. The summed E-state index contributed by atoms with van der Waals surface area (Å²) in [6, 6.07) is 13.5. The molecule has 1 aliphatic heterocycles. The first kappa shape index (κ1) is 16.0. The molecule has 0 saturated carbocycles. The summed E-state index contributed by atoms with van der Waals surface area (Å²) in [4.78, 5) is 27.6. The van der Waals surface area contributed by atoms with Gasteiger partial charge in [-0.05, 0) is 42.0 Å². The number of aliphatic imine (C=N–C) groups is 1. The van der Waals surface area contributed by atoms with Crippen LogP contribution >= 0.6 is 11.6 Å². The highest BCUT2D eigenvalue weighted by atomic mass is 35.5. The monoisotopic (exact) mass is 341 g/mol. The van der Waals surface area contributed by atoms with Gasteiger partial charge in [-0.15, -0.1) is 0 Å². The molecule has 1 aliphatic rings. The van der Waals surface area contributed by atoms with Crippen LogP contribution in [-0.4, -0.2) is 24.9 Å². The zero-order chi connectivity index (χ0) is 17.1. The van der Waals surface area contributed by atoms with E-state index < -0.39 is 11.9 Å². The lowest BCUT2D eigenvalue weighted by Gasteiger charge is -1.99. The molecule has 0 amide bonds. The Morgan fingerprint density at radius 3 is 2.62 bits per heavy atom. The molecule has 0 atom stereocenters. The smallest absolute Gasteiger partial charge is 0.363 e. The minimum atomic E-state index is -0.540. The van der Waals surface area contributed by atoms with Gasteiger partial charge in [-0.2, -0.15) is 0 Å².